The number of imide groups is 1. The number of rotatable bonds is 6. The highest BCUT2D eigenvalue weighted by Gasteiger charge is 2.38. The van der Waals surface area contributed by atoms with Crippen LogP contribution in [0.5, 0.6) is 5.75 Å². The van der Waals surface area contributed by atoms with Gasteiger partial charge in [0.15, 0.2) is 6.61 Å². The molecule has 0 saturated heterocycles. The van der Waals surface area contributed by atoms with Crippen molar-refractivity contribution in [2.75, 3.05) is 23.9 Å². The van der Waals surface area contributed by atoms with Crippen molar-refractivity contribution in [1.29, 1.82) is 0 Å². The molecule has 4 rings (SSSR count). The molecule has 1 N–H and O–H groups in total. The second kappa shape index (κ2) is 9.60. The average molecular weight is 493 g/mol. The molecule has 8 nitrogen and oxygen atoms in total. The molecule has 3 amide bonds. The van der Waals surface area contributed by atoms with Gasteiger partial charge in [-0.1, -0.05) is 23.7 Å². The Balaban J connectivity index is 1.45. The molecule has 0 radical (unpaired) electrons. The first-order valence-electron chi connectivity index (χ1n) is 10.6. The monoisotopic (exact) mass is 492 g/mol. The zero-order chi connectivity index (χ0) is 25.3. The molecule has 1 heterocycles. The number of carbonyl (C=O) groups excluding carboxylic acids is 4. The molecule has 1 aliphatic rings. The van der Waals surface area contributed by atoms with Crippen LogP contribution in [0.4, 0.5) is 11.4 Å². The number of benzene rings is 3. The molecule has 0 aliphatic carbocycles. The van der Waals surface area contributed by atoms with Crippen molar-refractivity contribution < 1.29 is 28.7 Å². The summed E-state index contributed by atoms with van der Waals surface area (Å²) in [5, 5.41) is 2.88. The van der Waals surface area contributed by atoms with Crippen molar-refractivity contribution in [1.82, 2.24) is 0 Å². The van der Waals surface area contributed by atoms with E-state index in [0.717, 1.165) is 16.0 Å². The van der Waals surface area contributed by atoms with Crippen LogP contribution in [0.3, 0.4) is 0 Å². The van der Waals surface area contributed by atoms with Crippen molar-refractivity contribution in [2.24, 2.45) is 0 Å². The number of ether oxygens (including phenoxy) is 2. The van der Waals surface area contributed by atoms with Crippen molar-refractivity contribution >= 4 is 46.7 Å². The van der Waals surface area contributed by atoms with Gasteiger partial charge in [-0.3, -0.25) is 14.4 Å². The maximum absolute atomic E-state index is 13.1. The van der Waals surface area contributed by atoms with Gasteiger partial charge in [0.25, 0.3) is 17.7 Å². The number of hydrogen-bond donors (Lipinski definition) is 1. The van der Waals surface area contributed by atoms with Crippen molar-refractivity contribution in [3.63, 3.8) is 0 Å². The van der Waals surface area contributed by atoms with Crippen LogP contribution in [-0.4, -0.2) is 37.4 Å². The van der Waals surface area contributed by atoms with Crippen LogP contribution in [0, 0.1) is 13.8 Å². The van der Waals surface area contributed by atoms with Crippen LogP contribution >= 0.6 is 11.6 Å². The number of amides is 3. The fourth-order valence-corrected chi connectivity index (χ4v) is 3.96. The van der Waals surface area contributed by atoms with Gasteiger partial charge < -0.3 is 14.8 Å². The number of fused-ring (bicyclic) bond motifs is 1. The molecular formula is C26H21ClN2O6. The van der Waals surface area contributed by atoms with Crippen molar-refractivity contribution in [3.8, 4) is 5.75 Å². The Morgan fingerprint density at radius 3 is 2.40 bits per heavy atom. The number of methoxy groups -OCH3 is 1. The Morgan fingerprint density at radius 2 is 1.69 bits per heavy atom. The van der Waals surface area contributed by atoms with Gasteiger partial charge in [-0.2, -0.15) is 0 Å². The van der Waals surface area contributed by atoms with E-state index in [1.54, 1.807) is 18.2 Å². The van der Waals surface area contributed by atoms with E-state index >= 15 is 0 Å². The average Bonchev–Trinajstić information content (AvgIpc) is 3.08. The smallest absolute Gasteiger partial charge is 0.338 e. The van der Waals surface area contributed by atoms with E-state index in [9.17, 15) is 19.2 Å². The van der Waals surface area contributed by atoms with E-state index in [1.165, 1.54) is 31.4 Å². The van der Waals surface area contributed by atoms with E-state index in [4.69, 9.17) is 21.1 Å². The summed E-state index contributed by atoms with van der Waals surface area (Å²) in [5.41, 5.74) is 2.92. The molecule has 0 unspecified atom stereocenters. The minimum atomic E-state index is -0.804. The predicted molar refractivity (Wildman–Crippen MR) is 130 cm³/mol. The Bertz CT molecular complexity index is 1380. The summed E-state index contributed by atoms with van der Waals surface area (Å²) in [4.78, 5) is 51.8. The molecule has 35 heavy (non-hydrogen) atoms. The first kappa shape index (κ1) is 24.0. The third kappa shape index (κ3) is 4.74. The summed E-state index contributed by atoms with van der Waals surface area (Å²) in [7, 11) is 1.47. The highest BCUT2D eigenvalue weighted by molar-refractivity contribution is 6.35. The molecule has 0 fully saturated rings. The minimum absolute atomic E-state index is 0.0491. The van der Waals surface area contributed by atoms with Crippen molar-refractivity contribution in [2.45, 2.75) is 13.8 Å². The Morgan fingerprint density at radius 1 is 0.943 bits per heavy atom. The van der Waals surface area contributed by atoms with Crippen LogP contribution < -0.4 is 15.0 Å². The summed E-state index contributed by atoms with van der Waals surface area (Å²) in [6.07, 6.45) is 0. The second-order valence-electron chi connectivity index (χ2n) is 7.97. The Hall–Kier alpha value is -4.17. The molecule has 178 valence electrons. The SMILES string of the molecule is COc1ccc(NC(=O)COC(=O)c2ccc3c(c2)C(=O)N(c2cc(C)ccc2C)C3=O)cc1Cl. The highest BCUT2D eigenvalue weighted by atomic mass is 35.5. The number of nitrogens with one attached hydrogen (secondary N) is 1. The van der Waals surface area contributed by atoms with Gasteiger partial charge in [-0.15, -0.1) is 0 Å². The number of hydrogen-bond acceptors (Lipinski definition) is 6. The largest absolute Gasteiger partial charge is 0.495 e. The molecule has 3 aromatic carbocycles. The topological polar surface area (TPSA) is 102 Å². The van der Waals surface area contributed by atoms with Crippen molar-refractivity contribution in [3.05, 3.63) is 87.4 Å². The number of nitrogens with zero attached hydrogens (tertiary/aromatic N) is 1. The first-order valence-corrected chi connectivity index (χ1v) is 11.0. The molecule has 1 aliphatic heterocycles. The van der Waals surface area contributed by atoms with E-state index in [0.29, 0.717) is 22.1 Å². The van der Waals surface area contributed by atoms with Gasteiger partial charge in [0, 0.05) is 5.69 Å². The molecule has 3 aromatic rings. The number of carbonyl (C=O) groups is 4. The van der Waals surface area contributed by atoms with Crippen LogP contribution in [-0.2, 0) is 9.53 Å². The van der Waals surface area contributed by atoms with Gasteiger partial charge in [0.05, 0.1) is 34.5 Å². The maximum atomic E-state index is 13.1. The van der Waals surface area contributed by atoms with Gasteiger partial charge in [0.1, 0.15) is 5.75 Å². The van der Waals surface area contributed by atoms with Gasteiger partial charge >= 0.3 is 5.97 Å². The van der Waals surface area contributed by atoms with E-state index in [1.807, 2.05) is 26.0 Å². The highest BCUT2D eigenvalue weighted by Crippen LogP contribution is 2.32. The number of halogens is 1. The summed E-state index contributed by atoms with van der Waals surface area (Å²) in [6, 6.07) is 14.3. The van der Waals surface area contributed by atoms with Gasteiger partial charge in [0.2, 0.25) is 0 Å². The summed E-state index contributed by atoms with van der Waals surface area (Å²) >= 11 is 6.04. The van der Waals surface area contributed by atoms with Crippen LogP contribution in [0.1, 0.15) is 42.2 Å². The predicted octanol–water partition coefficient (Wildman–Crippen LogP) is 4.56. The molecule has 0 aromatic heterocycles. The number of esters is 1. The van der Waals surface area contributed by atoms with E-state index in [2.05, 4.69) is 5.32 Å². The standard InChI is InChI=1S/C26H21ClN2O6/c1-14-4-5-15(2)21(10-14)29-24(31)18-8-6-16(11-19(18)25(29)32)26(33)35-13-23(30)28-17-7-9-22(34-3)20(27)12-17/h4-12H,13H2,1-3H3,(H,28,30). The first-order chi connectivity index (χ1) is 16.7. The molecule has 0 atom stereocenters. The normalized spacial score (nSPS) is 12.4. The second-order valence-corrected chi connectivity index (χ2v) is 8.38. The van der Waals surface area contributed by atoms with E-state index in [-0.39, 0.29) is 16.7 Å². The Kier molecular flexibility index (Phi) is 6.57. The molecule has 0 spiro atoms. The van der Waals surface area contributed by atoms with Gasteiger partial charge in [-0.05, 0) is 67.4 Å². The maximum Gasteiger partial charge on any atom is 0.338 e. The van der Waals surface area contributed by atoms with E-state index < -0.39 is 30.3 Å². The third-order valence-electron chi connectivity index (χ3n) is 5.50. The molecule has 0 bridgehead atoms. The minimum Gasteiger partial charge on any atom is -0.495 e. The lowest BCUT2D eigenvalue weighted by Gasteiger charge is -2.17. The lowest BCUT2D eigenvalue weighted by molar-refractivity contribution is -0.119. The Labute approximate surface area is 206 Å². The third-order valence-corrected chi connectivity index (χ3v) is 5.79. The zero-order valence-electron chi connectivity index (χ0n) is 19.2. The molecule has 0 saturated carbocycles. The summed E-state index contributed by atoms with van der Waals surface area (Å²) in [6.45, 7) is 3.13. The quantitative estimate of drug-likeness (QED) is 0.400. The fourth-order valence-electron chi connectivity index (χ4n) is 3.70. The lowest BCUT2D eigenvalue weighted by Crippen LogP contribution is -2.30. The lowest BCUT2D eigenvalue weighted by atomic mass is 10.1. The summed E-state index contributed by atoms with van der Waals surface area (Å²) < 4.78 is 10.1. The van der Waals surface area contributed by atoms with Crippen LogP contribution in [0.25, 0.3) is 0 Å². The number of aryl methyl sites for hydroxylation is 2. The summed E-state index contributed by atoms with van der Waals surface area (Å²) in [5.74, 6) is -1.91. The molecule has 9 heteroatoms. The van der Waals surface area contributed by atoms with Crippen LogP contribution in [0.15, 0.2) is 54.6 Å². The number of anilines is 2. The zero-order valence-corrected chi connectivity index (χ0v) is 19.9. The van der Waals surface area contributed by atoms with Crippen LogP contribution in [0.2, 0.25) is 5.02 Å². The molecular weight excluding hydrogens is 472 g/mol. The van der Waals surface area contributed by atoms with Gasteiger partial charge in [-0.25, -0.2) is 9.69 Å². The fraction of sp³-hybridized carbons (Fsp3) is 0.154.